The zero-order valence-corrected chi connectivity index (χ0v) is 38.7. The first kappa shape index (κ1) is 43.3. The van der Waals surface area contributed by atoms with E-state index >= 15 is 0 Å². The number of carbonyl (C=O) groups is 1. The van der Waals surface area contributed by atoms with Crippen molar-refractivity contribution in [3.8, 4) is 37.8 Å². The van der Waals surface area contributed by atoms with Gasteiger partial charge in [-0.2, -0.15) is 5.26 Å². The van der Waals surface area contributed by atoms with Gasteiger partial charge in [0.25, 0.3) is 0 Å². The van der Waals surface area contributed by atoms with Gasteiger partial charge in [-0.25, -0.2) is 4.79 Å². The van der Waals surface area contributed by atoms with Crippen molar-refractivity contribution in [1.82, 2.24) is 0 Å². The number of thiophene rings is 2. The van der Waals surface area contributed by atoms with Crippen molar-refractivity contribution in [2.24, 2.45) is 0 Å². The fraction of sp³-hybridized carbons (Fsp3) is 0.138. The minimum Gasteiger partial charge on any atom is -0.485 e. The van der Waals surface area contributed by atoms with Crippen LogP contribution in [-0.2, 0) is 11.2 Å². The highest BCUT2D eigenvalue weighted by Gasteiger charge is 2.30. The maximum absolute atomic E-state index is 12.0. The van der Waals surface area contributed by atoms with Crippen LogP contribution in [0, 0.1) is 11.3 Å². The van der Waals surface area contributed by atoms with Gasteiger partial charge in [-0.05, 0) is 124 Å². The van der Waals surface area contributed by atoms with E-state index in [1.807, 2.05) is 24.3 Å². The van der Waals surface area contributed by atoms with Crippen molar-refractivity contribution in [3.63, 3.8) is 0 Å². The van der Waals surface area contributed by atoms with Crippen LogP contribution in [0.2, 0.25) is 0 Å². The second kappa shape index (κ2) is 19.4. The Labute approximate surface area is 398 Å². The number of anilines is 6. The molecule has 7 aromatic carbocycles. The molecule has 1 N–H and O–H groups in total. The highest BCUT2D eigenvalue weighted by atomic mass is 32.1. The predicted molar refractivity (Wildman–Crippen MR) is 278 cm³/mol. The number of benzene rings is 7. The minimum atomic E-state index is -1.24. The highest BCUT2D eigenvalue weighted by Crippen LogP contribution is 2.57. The minimum absolute atomic E-state index is 0.299. The Bertz CT molecular complexity index is 3170. The van der Waals surface area contributed by atoms with Gasteiger partial charge < -0.3 is 24.4 Å². The molecule has 0 saturated heterocycles. The maximum Gasteiger partial charge on any atom is 0.346 e. The summed E-state index contributed by atoms with van der Waals surface area (Å²) in [4.78, 5) is 20.2. The SMILES string of the molecule is CCCCCCc1cc(C=C(C#N)C(=O)O)sc1-c1sc(-c2cc(N(c3ccccc3)c3ccc4ccccc4c3)cc(N(c3ccccc3)c3ccc4ccccc4c3)c2)c2c1OCCO2. The fourth-order valence-electron chi connectivity index (χ4n) is 8.88. The van der Waals surface area contributed by atoms with Crippen LogP contribution in [0.3, 0.4) is 0 Å². The first-order valence-corrected chi connectivity index (χ1v) is 24.3. The van der Waals surface area contributed by atoms with E-state index in [2.05, 4.69) is 168 Å². The second-order valence-corrected chi connectivity index (χ2v) is 18.7. The molecule has 0 radical (unpaired) electrons. The van der Waals surface area contributed by atoms with Gasteiger partial charge in [0.2, 0.25) is 0 Å². The topological polar surface area (TPSA) is 86.0 Å². The Morgan fingerprint density at radius 1 is 0.582 bits per heavy atom. The van der Waals surface area contributed by atoms with E-state index in [1.54, 1.807) is 11.3 Å². The van der Waals surface area contributed by atoms with Gasteiger partial charge in [0.1, 0.15) is 24.9 Å². The van der Waals surface area contributed by atoms with E-state index in [-0.39, 0.29) is 5.57 Å². The van der Waals surface area contributed by atoms with Crippen LogP contribution in [0.5, 0.6) is 11.5 Å². The number of hydrogen-bond donors (Lipinski definition) is 1. The normalized spacial score (nSPS) is 12.3. The lowest BCUT2D eigenvalue weighted by Gasteiger charge is -2.30. The number of unbranched alkanes of at least 4 members (excludes halogenated alkanes) is 3. The molecule has 7 nitrogen and oxygen atoms in total. The van der Waals surface area contributed by atoms with Crippen molar-refractivity contribution in [3.05, 3.63) is 186 Å². The van der Waals surface area contributed by atoms with Gasteiger partial charge in [-0.3, -0.25) is 0 Å². The third-order valence-electron chi connectivity index (χ3n) is 12.1. The number of nitrogens with zero attached hydrogens (tertiary/aromatic N) is 3. The summed E-state index contributed by atoms with van der Waals surface area (Å²) in [5.74, 6) is 0.133. The van der Waals surface area contributed by atoms with E-state index in [4.69, 9.17) is 9.47 Å². The van der Waals surface area contributed by atoms with Crippen molar-refractivity contribution in [2.75, 3.05) is 23.0 Å². The lowest BCUT2D eigenvalue weighted by atomic mass is 10.0. The van der Waals surface area contributed by atoms with Crippen LogP contribution < -0.4 is 19.3 Å². The van der Waals surface area contributed by atoms with Gasteiger partial charge in [-0.1, -0.05) is 123 Å². The Morgan fingerprint density at radius 2 is 1.12 bits per heavy atom. The average molecular weight is 914 g/mol. The van der Waals surface area contributed by atoms with Crippen molar-refractivity contribution >= 4 is 90.4 Å². The van der Waals surface area contributed by atoms with E-state index in [9.17, 15) is 15.2 Å². The second-order valence-electron chi connectivity index (χ2n) is 16.5. The number of aliphatic carboxylic acids is 1. The van der Waals surface area contributed by atoms with Gasteiger partial charge in [0.05, 0.1) is 14.6 Å². The molecule has 330 valence electrons. The highest BCUT2D eigenvalue weighted by molar-refractivity contribution is 7.25. The molecule has 67 heavy (non-hydrogen) atoms. The summed E-state index contributed by atoms with van der Waals surface area (Å²) < 4.78 is 13.2. The third-order valence-corrected chi connectivity index (χ3v) is 14.6. The Balaban J connectivity index is 1.22. The van der Waals surface area contributed by atoms with E-state index in [0.29, 0.717) is 29.6 Å². The van der Waals surface area contributed by atoms with Crippen LogP contribution in [0.4, 0.5) is 34.1 Å². The Kier molecular flexibility index (Phi) is 12.6. The first-order chi connectivity index (χ1) is 32.9. The number of para-hydroxylation sites is 2. The lowest BCUT2D eigenvalue weighted by Crippen LogP contribution is -2.15. The standard InChI is InChI=1S/C58H47N3O4S2/c1-2-3-4-7-20-43-35-52(36-45(38-59)58(62)63)66-56(43)57-54-53(64-29-30-65-54)55(67-57)44-33-50(60(46-21-8-5-9-22-46)48-27-25-39-16-12-14-18-41(39)31-48)37-51(34-44)61(47-23-10-6-11-24-47)49-28-26-40-17-13-15-19-42(40)32-49/h5-6,8-19,21-28,31-37H,2-4,7,20,29-30H2,1H3,(H,62,63). The monoisotopic (exact) mass is 913 g/mol. The molecular weight excluding hydrogens is 867 g/mol. The van der Waals surface area contributed by atoms with Crippen LogP contribution >= 0.6 is 22.7 Å². The summed E-state index contributed by atoms with van der Waals surface area (Å²) in [7, 11) is 0. The molecule has 0 bridgehead atoms. The fourth-order valence-corrected chi connectivity index (χ4v) is 11.4. The maximum atomic E-state index is 12.0. The molecule has 0 amide bonds. The first-order valence-electron chi connectivity index (χ1n) is 22.7. The molecule has 0 aliphatic carbocycles. The Morgan fingerprint density at radius 3 is 1.66 bits per heavy atom. The number of aryl methyl sites for hydroxylation is 1. The van der Waals surface area contributed by atoms with Crippen molar-refractivity contribution < 1.29 is 19.4 Å². The summed E-state index contributed by atoms with van der Waals surface area (Å²) in [6.45, 7) is 3.00. The van der Waals surface area contributed by atoms with Crippen LogP contribution in [0.1, 0.15) is 43.0 Å². The molecule has 2 aromatic heterocycles. The van der Waals surface area contributed by atoms with Crippen LogP contribution in [-0.4, -0.2) is 24.3 Å². The van der Waals surface area contributed by atoms with Crippen molar-refractivity contribution in [2.45, 2.75) is 39.0 Å². The molecule has 0 saturated carbocycles. The molecule has 0 fully saturated rings. The summed E-state index contributed by atoms with van der Waals surface area (Å²) in [6, 6.07) is 61.8. The van der Waals surface area contributed by atoms with Gasteiger partial charge in [0, 0.05) is 39.0 Å². The molecule has 1 aliphatic heterocycles. The molecule has 10 rings (SSSR count). The molecule has 0 unspecified atom stereocenters. The largest absolute Gasteiger partial charge is 0.485 e. The smallest absolute Gasteiger partial charge is 0.346 e. The van der Waals surface area contributed by atoms with Crippen molar-refractivity contribution in [1.29, 1.82) is 5.26 Å². The summed E-state index contributed by atoms with van der Waals surface area (Å²) in [5, 5.41) is 24.1. The summed E-state index contributed by atoms with van der Waals surface area (Å²) in [6.07, 6.45) is 6.62. The third kappa shape index (κ3) is 9.02. The number of rotatable bonds is 15. The van der Waals surface area contributed by atoms with Gasteiger partial charge >= 0.3 is 5.97 Å². The number of nitriles is 1. The number of carboxylic acid groups (broad SMARTS) is 1. The number of ether oxygens (including phenoxy) is 2. The molecule has 9 aromatic rings. The molecule has 1 aliphatic rings. The van der Waals surface area contributed by atoms with Gasteiger partial charge in [-0.15, -0.1) is 22.7 Å². The van der Waals surface area contributed by atoms with Crippen LogP contribution in [0.15, 0.2) is 175 Å². The summed E-state index contributed by atoms with van der Waals surface area (Å²) in [5.41, 5.74) is 7.72. The number of hydrogen-bond acceptors (Lipinski definition) is 8. The summed E-state index contributed by atoms with van der Waals surface area (Å²) >= 11 is 3.13. The quantitative estimate of drug-likeness (QED) is 0.0623. The van der Waals surface area contributed by atoms with E-state index < -0.39 is 5.97 Å². The molecule has 0 atom stereocenters. The number of carboxylic acids is 1. The van der Waals surface area contributed by atoms with Crippen LogP contribution in [0.25, 0.3) is 47.8 Å². The number of fused-ring (bicyclic) bond motifs is 3. The zero-order chi connectivity index (χ0) is 45.7. The van der Waals surface area contributed by atoms with E-state index in [1.165, 1.54) is 28.2 Å². The Hall–Kier alpha value is -7.64. The molecular formula is C58H47N3O4S2. The predicted octanol–water partition coefficient (Wildman–Crippen LogP) is 16.3. The molecule has 0 spiro atoms. The average Bonchev–Trinajstić information content (AvgIpc) is 3.96. The zero-order valence-electron chi connectivity index (χ0n) is 37.0. The van der Waals surface area contributed by atoms with E-state index in [0.717, 1.165) is 103 Å². The lowest BCUT2D eigenvalue weighted by molar-refractivity contribution is -0.132. The molecule has 9 heteroatoms. The van der Waals surface area contributed by atoms with Gasteiger partial charge in [0.15, 0.2) is 11.5 Å². The molecule has 3 heterocycles.